The number of likely N-dealkylation sites (tertiary alicyclic amines) is 1. The minimum Gasteiger partial charge on any atom is -0.491 e. The lowest BCUT2D eigenvalue weighted by Crippen LogP contribution is -2.23. The fourth-order valence-electron chi connectivity index (χ4n) is 3.46. The highest BCUT2D eigenvalue weighted by atomic mass is 35.5. The molecule has 0 N–H and O–H groups in total. The zero-order valence-corrected chi connectivity index (χ0v) is 17.0. The molecule has 0 unspecified atom stereocenters. The van der Waals surface area contributed by atoms with Gasteiger partial charge in [0.25, 0.3) is 0 Å². The molecule has 0 saturated carbocycles. The second kappa shape index (κ2) is 9.35. The van der Waals surface area contributed by atoms with E-state index in [9.17, 15) is 0 Å². The first kappa shape index (κ1) is 19.8. The van der Waals surface area contributed by atoms with Gasteiger partial charge in [-0.2, -0.15) is 4.98 Å². The number of hydrogen-bond donors (Lipinski definition) is 0. The fourth-order valence-corrected chi connectivity index (χ4v) is 3.59. The van der Waals surface area contributed by atoms with E-state index < -0.39 is 0 Å². The summed E-state index contributed by atoms with van der Waals surface area (Å²) in [5, 5.41) is 4.89. The standard InChI is InChI=1S/C21H23ClN4O3/c1-27-11-12-28-17-8-9-23-18(13-17)20-24-21(29-25-20)19-3-2-10-26(19)14-15-4-6-16(22)7-5-15/h4-9,13,19H,2-3,10-12,14H2,1H3/t19-/m1/s1. The van der Waals surface area contributed by atoms with Gasteiger partial charge < -0.3 is 14.0 Å². The molecule has 0 aliphatic carbocycles. The van der Waals surface area contributed by atoms with Gasteiger partial charge >= 0.3 is 0 Å². The fraction of sp³-hybridized carbons (Fsp3) is 0.381. The number of rotatable bonds is 8. The topological polar surface area (TPSA) is 73.5 Å². The van der Waals surface area contributed by atoms with E-state index in [1.54, 1.807) is 19.4 Å². The number of pyridine rings is 1. The molecule has 1 fully saturated rings. The summed E-state index contributed by atoms with van der Waals surface area (Å²) in [6, 6.07) is 11.6. The van der Waals surface area contributed by atoms with Crippen LogP contribution in [0, 0.1) is 0 Å². The lowest BCUT2D eigenvalue weighted by molar-refractivity contribution is 0.146. The quantitative estimate of drug-likeness (QED) is 0.512. The Bertz CT molecular complexity index is 932. The Labute approximate surface area is 174 Å². The third-order valence-electron chi connectivity index (χ3n) is 4.91. The lowest BCUT2D eigenvalue weighted by atomic mass is 10.2. The van der Waals surface area contributed by atoms with Crippen molar-refractivity contribution in [3.05, 3.63) is 59.1 Å². The van der Waals surface area contributed by atoms with Crippen molar-refractivity contribution in [1.82, 2.24) is 20.0 Å². The molecule has 29 heavy (non-hydrogen) atoms. The molecule has 1 aliphatic rings. The Morgan fingerprint density at radius 2 is 2.07 bits per heavy atom. The normalized spacial score (nSPS) is 17.0. The second-order valence-corrected chi connectivity index (χ2v) is 7.37. The molecule has 8 heteroatoms. The highest BCUT2D eigenvalue weighted by Crippen LogP contribution is 2.33. The van der Waals surface area contributed by atoms with Crippen LogP contribution in [-0.2, 0) is 11.3 Å². The third kappa shape index (κ3) is 4.93. The van der Waals surface area contributed by atoms with Crippen LogP contribution >= 0.6 is 11.6 Å². The second-order valence-electron chi connectivity index (χ2n) is 6.93. The number of nitrogens with zero attached hydrogens (tertiary/aromatic N) is 4. The summed E-state index contributed by atoms with van der Waals surface area (Å²) in [7, 11) is 1.64. The summed E-state index contributed by atoms with van der Waals surface area (Å²) >= 11 is 5.99. The van der Waals surface area contributed by atoms with E-state index in [1.165, 1.54) is 5.56 Å². The zero-order chi connectivity index (χ0) is 20.1. The van der Waals surface area contributed by atoms with Crippen molar-refractivity contribution in [3.63, 3.8) is 0 Å². The predicted octanol–water partition coefficient (Wildman–Crippen LogP) is 4.15. The van der Waals surface area contributed by atoms with Crippen LogP contribution in [0.3, 0.4) is 0 Å². The van der Waals surface area contributed by atoms with E-state index in [1.807, 2.05) is 18.2 Å². The Morgan fingerprint density at radius 1 is 1.21 bits per heavy atom. The zero-order valence-electron chi connectivity index (χ0n) is 16.3. The molecular formula is C21H23ClN4O3. The van der Waals surface area contributed by atoms with Crippen LogP contribution < -0.4 is 4.74 Å². The van der Waals surface area contributed by atoms with E-state index in [4.69, 9.17) is 25.6 Å². The molecule has 0 bridgehead atoms. The van der Waals surface area contributed by atoms with Crippen molar-refractivity contribution in [3.8, 4) is 17.3 Å². The molecule has 4 rings (SSSR count). The van der Waals surface area contributed by atoms with Gasteiger partial charge in [0.05, 0.1) is 12.6 Å². The predicted molar refractivity (Wildman–Crippen MR) is 109 cm³/mol. The van der Waals surface area contributed by atoms with Crippen molar-refractivity contribution < 1.29 is 14.0 Å². The van der Waals surface area contributed by atoms with Crippen LogP contribution in [0.2, 0.25) is 5.02 Å². The van der Waals surface area contributed by atoms with Crippen LogP contribution in [0.4, 0.5) is 0 Å². The number of halogens is 1. The molecule has 152 valence electrons. The molecule has 0 spiro atoms. The molecule has 0 amide bonds. The molecule has 7 nitrogen and oxygen atoms in total. The van der Waals surface area contributed by atoms with Gasteiger partial charge in [0, 0.05) is 30.9 Å². The van der Waals surface area contributed by atoms with E-state index in [0.717, 1.165) is 31.0 Å². The van der Waals surface area contributed by atoms with Gasteiger partial charge in [0.1, 0.15) is 18.1 Å². The number of hydrogen-bond acceptors (Lipinski definition) is 7. The first-order valence-corrected chi connectivity index (χ1v) is 10.0. The average Bonchev–Trinajstić information content (AvgIpc) is 3.40. The van der Waals surface area contributed by atoms with E-state index in [-0.39, 0.29) is 6.04 Å². The SMILES string of the molecule is COCCOc1ccnc(-c2noc([C@H]3CCCN3Cc3ccc(Cl)cc3)n2)c1. The lowest BCUT2D eigenvalue weighted by Gasteiger charge is -2.21. The van der Waals surface area contributed by atoms with Gasteiger partial charge in [-0.3, -0.25) is 9.88 Å². The van der Waals surface area contributed by atoms with Crippen molar-refractivity contribution in [1.29, 1.82) is 0 Å². The Kier molecular flexibility index (Phi) is 6.39. The maximum Gasteiger partial charge on any atom is 0.244 e. The average molecular weight is 415 g/mol. The van der Waals surface area contributed by atoms with Crippen LogP contribution in [0.1, 0.15) is 30.3 Å². The third-order valence-corrected chi connectivity index (χ3v) is 5.16. The maximum absolute atomic E-state index is 5.99. The van der Waals surface area contributed by atoms with Crippen molar-refractivity contribution >= 4 is 11.6 Å². The van der Waals surface area contributed by atoms with Gasteiger partial charge in [-0.05, 0) is 43.1 Å². The van der Waals surface area contributed by atoms with E-state index in [0.29, 0.717) is 36.4 Å². The summed E-state index contributed by atoms with van der Waals surface area (Å²) in [5.41, 5.74) is 1.83. The first-order valence-electron chi connectivity index (χ1n) is 9.63. The number of ether oxygens (including phenoxy) is 2. The molecule has 3 aromatic rings. The van der Waals surface area contributed by atoms with E-state index >= 15 is 0 Å². The highest BCUT2D eigenvalue weighted by Gasteiger charge is 2.31. The summed E-state index contributed by atoms with van der Waals surface area (Å²) in [5.74, 6) is 1.79. The molecule has 2 aromatic heterocycles. The van der Waals surface area contributed by atoms with Crippen LogP contribution in [0.15, 0.2) is 47.1 Å². The van der Waals surface area contributed by atoms with Crippen molar-refractivity contribution in [2.45, 2.75) is 25.4 Å². The number of aromatic nitrogens is 3. The Morgan fingerprint density at radius 3 is 2.90 bits per heavy atom. The largest absolute Gasteiger partial charge is 0.491 e. The van der Waals surface area contributed by atoms with Gasteiger partial charge in [-0.25, -0.2) is 0 Å². The number of methoxy groups -OCH3 is 1. The monoisotopic (exact) mass is 414 g/mol. The highest BCUT2D eigenvalue weighted by molar-refractivity contribution is 6.30. The molecule has 1 aliphatic heterocycles. The maximum atomic E-state index is 5.99. The minimum atomic E-state index is 0.105. The first-order chi connectivity index (χ1) is 14.2. The minimum absolute atomic E-state index is 0.105. The summed E-state index contributed by atoms with van der Waals surface area (Å²) < 4.78 is 16.2. The summed E-state index contributed by atoms with van der Waals surface area (Å²) in [6.07, 6.45) is 3.76. The van der Waals surface area contributed by atoms with Crippen LogP contribution in [0.5, 0.6) is 5.75 Å². The van der Waals surface area contributed by atoms with Crippen molar-refractivity contribution in [2.24, 2.45) is 0 Å². The van der Waals surface area contributed by atoms with Crippen molar-refractivity contribution in [2.75, 3.05) is 26.9 Å². The van der Waals surface area contributed by atoms with Crippen LogP contribution in [0.25, 0.3) is 11.5 Å². The molecule has 1 saturated heterocycles. The summed E-state index contributed by atoms with van der Waals surface area (Å²) in [4.78, 5) is 11.3. The molecule has 1 aromatic carbocycles. The Balaban J connectivity index is 1.46. The van der Waals surface area contributed by atoms with Gasteiger partial charge in [-0.15, -0.1) is 0 Å². The Hall–Kier alpha value is -2.48. The molecule has 0 radical (unpaired) electrons. The van der Waals surface area contributed by atoms with Gasteiger partial charge in [0.2, 0.25) is 11.7 Å². The molecular weight excluding hydrogens is 392 g/mol. The van der Waals surface area contributed by atoms with Crippen LogP contribution in [-0.4, -0.2) is 46.9 Å². The summed E-state index contributed by atoms with van der Waals surface area (Å²) in [6.45, 7) is 2.81. The number of benzene rings is 1. The molecule has 3 heterocycles. The molecule has 1 atom stereocenters. The smallest absolute Gasteiger partial charge is 0.244 e. The van der Waals surface area contributed by atoms with E-state index in [2.05, 4.69) is 32.2 Å². The van der Waals surface area contributed by atoms with Gasteiger partial charge in [-0.1, -0.05) is 28.9 Å². The van der Waals surface area contributed by atoms with Gasteiger partial charge in [0.15, 0.2) is 0 Å².